The smallest absolute Gasteiger partial charge is 0.0443 e. The summed E-state index contributed by atoms with van der Waals surface area (Å²) in [4.78, 5) is 2.24. The molecular weight excluding hydrogens is 364 g/mol. The van der Waals surface area contributed by atoms with Crippen LogP contribution in [0.1, 0.15) is 64.7 Å². The van der Waals surface area contributed by atoms with E-state index in [-0.39, 0.29) is 0 Å². The molecule has 2 N–H and O–H groups in total. The molecular formula is C28H42N2. The Labute approximate surface area is 185 Å². The highest BCUT2D eigenvalue weighted by atomic mass is 15.1. The Kier molecular flexibility index (Phi) is 12.4. The fourth-order valence-corrected chi connectivity index (χ4v) is 3.07. The van der Waals surface area contributed by atoms with Crippen LogP contribution in [0.25, 0.3) is 6.08 Å². The quantitative estimate of drug-likeness (QED) is 0.477. The van der Waals surface area contributed by atoms with E-state index in [0.29, 0.717) is 0 Å². The van der Waals surface area contributed by atoms with Crippen molar-refractivity contribution in [3.8, 4) is 0 Å². The van der Waals surface area contributed by atoms with E-state index in [4.69, 9.17) is 5.73 Å². The molecule has 2 aromatic rings. The van der Waals surface area contributed by atoms with Crippen LogP contribution >= 0.6 is 0 Å². The number of hydrogen-bond donors (Lipinski definition) is 1. The van der Waals surface area contributed by atoms with Crippen LogP contribution in [0.4, 0.5) is 5.69 Å². The average Bonchev–Trinajstić information content (AvgIpc) is 2.68. The predicted octanol–water partition coefficient (Wildman–Crippen LogP) is 7.71. The third kappa shape index (κ3) is 9.76. The van der Waals surface area contributed by atoms with Gasteiger partial charge in [0.2, 0.25) is 0 Å². The zero-order valence-electron chi connectivity index (χ0n) is 20.3. The summed E-state index contributed by atoms with van der Waals surface area (Å²) in [5, 5.41) is 0. The third-order valence-corrected chi connectivity index (χ3v) is 4.25. The minimum atomic E-state index is -0.423. The van der Waals surface area contributed by atoms with Crippen molar-refractivity contribution in [2.75, 3.05) is 11.9 Å². The van der Waals surface area contributed by atoms with Gasteiger partial charge in [-0.05, 0) is 56.9 Å². The number of benzene rings is 2. The monoisotopic (exact) mass is 406 g/mol. The fourth-order valence-electron chi connectivity index (χ4n) is 3.07. The minimum absolute atomic E-state index is 0.423. The molecule has 0 fully saturated rings. The zero-order chi connectivity index (χ0) is 23.3. The second kappa shape index (κ2) is 13.6. The van der Waals surface area contributed by atoms with E-state index in [1.165, 1.54) is 11.1 Å². The summed E-state index contributed by atoms with van der Waals surface area (Å²) in [6, 6.07) is 16.8. The normalized spacial score (nSPS) is 11.6. The molecule has 0 aliphatic carbocycles. The summed E-state index contributed by atoms with van der Waals surface area (Å²) >= 11 is 0. The highest BCUT2D eigenvalue weighted by molar-refractivity contribution is 5.68. The van der Waals surface area contributed by atoms with Crippen molar-refractivity contribution in [1.29, 1.82) is 0 Å². The molecule has 0 bridgehead atoms. The van der Waals surface area contributed by atoms with Crippen molar-refractivity contribution in [1.82, 2.24) is 0 Å². The molecule has 0 radical (unpaired) electrons. The maximum Gasteiger partial charge on any atom is 0.0443 e. The van der Waals surface area contributed by atoms with Gasteiger partial charge in [-0.1, -0.05) is 80.1 Å². The number of rotatable bonds is 7. The first-order valence-corrected chi connectivity index (χ1v) is 10.6. The van der Waals surface area contributed by atoms with Crippen LogP contribution in [0.5, 0.6) is 0 Å². The van der Waals surface area contributed by atoms with E-state index in [1.807, 2.05) is 46.8 Å². The highest BCUT2D eigenvalue weighted by Crippen LogP contribution is 2.31. The van der Waals surface area contributed by atoms with E-state index in [2.05, 4.69) is 81.1 Å². The van der Waals surface area contributed by atoms with Gasteiger partial charge in [-0.2, -0.15) is 0 Å². The number of hydrogen-bond acceptors (Lipinski definition) is 2. The van der Waals surface area contributed by atoms with Crippen molar-refractivity contribution >= 4 is 11.8 Å². The first-order chi connectivity index (χ1) is 14.1. The maximum absolute atomic E-state index is 6.55. The van der Waals surface area contributed by atoms with Crippen molar-refractivity contribution in [3.63, 3.8) is 0 Å². The largest absolute Gasteiger partial charge is 0.370 e. The standard InChI is InChI=1S/C22H28N2.C4H8.C2H6/c1-6-19-12-13-20(22(4,23)15-17(2)3)14-21(19)24(5)16-18-10-8-7-9-11-18;1-4(2)3;1-2/h6-14H,1-2,15-16,23H2,3-5H3;1H2,2-3H3;1-2H3/t22-;;/m0../s1. The Morgan fingerprint density at radius 3 is 2.03 bits per heavy atom. The van der Waals surface area contributed by atoms with Crippen LogP contribution in [0.3, 0.4) is 0 Å². The van der Waals surface area contributed by atoms with E-state index in [1.54, 1.807) is 0 Å². The Bertz CT molecular complexity index is 797. The number of nitrogens with two attached hydrogens (primary N) is 1. The molecule has 2 nitrogen and oxygen atoms in total. The summed E-state index contributed by atoms with van der Waals surface area (Å²) in [5.41, 5.74) is 13.0. The van der Waals surface area contributed by atoms with Gasteiger partial charge < -0.3 is 10.6 Å². The van der Waals surface area contributed by atoms with Gasteiger partial charge in [0, 0.05) is 24.8 Å². The van der Waals surface area contributed by atoms with Crippen molar-refractivity contribution in [2.45, 2.75) is 60.0 Å². The van der Waals surface area contributed by atoms with Crippen LogP contribution in [-0.2, 0) is 12.1 Å². The molecule has 2 heteroatoms. The van der Waals surface area contributed by atoms with Gasteiger partial charge in [0.15, 0.2) is 0 Å². The topological polar surface area (TPSA) is 29.3 Å². The zero-order valence-corrected chi connectivity index (χ0v) is 20.3. The van der Waals surface area contributed by atoms with E-state index >= 15 is 0 Å². The summed E-state index contributed by atoms with van der Waals surface area (Å²) in [5.74, 6) is 0. The van der Waals surface area contributed by atoms with Gasteiger partial charge in [-0.25, -0.2) is 0 Å². The fraction of sp³-hybridized carbons (Fsp3) is 0.357. The molecule has 0 unspecified atom stereocenters. The highest BCUT2D eigenvalue weighted by Gasteiger charge is 2.22. The molecule has 0 heterocycles. The molecule has 164 valence electrons. The van der Waals surface area contributed by atoms with Gasteiger partial charge in [-0.3, -0.25) is 0 Å². The van der Waals surface area contributed by atoms with E-state index in [0.717, 1.165) is 35.4 Å². The molecule has 0 saturated carbocycles. The van der Waals surface area contributed by atoms with Crippen molar-refractivity contribution in [3.05, 3.63) is 96.1 Å². The second-order valence-corrected chi connectivity index (χ2v) is 8.08. The molecule has 0 saturated heterocycles. The van der Waals surface area contributed by atoms with Crippen molar-refractivity contribution < 1.29 is 0 Å². The Morgan fingerprint density at radius 1 is 1.03 bits per heavy atom. The molecule has 0 aromatic heterocycles. The van der Waals surface area contributed by atoms with Crippen LogP contribution in [0, 0.1) is 0 Å². The third-order valence-electron chi connectivity index (χ3n) is 4.25. The van der Waals surface area contributed by atoms with E-state index < -0.39 is 5.54 Å². The van der Waals surface area contributed by atoms with Crippen LogP contribution in [-0.4, -0.2) is 7.05 Å². The average molecular weight is 407 g/mol. The maximum atomic E-state index is 6.55. The summed E-state index contributed by atoms with van der Waals surface area (Å²) in [6.45, 7) is 24.4. The Morgan fingerprint density at radius 2 is 1.57 bits per heavy atom. The minimum Gasteiger partial charge on any atom is -0.370 e. The van der Waals surface area contributed by atoms with Gasteiger partial charge in [0.05, 0.1) is 0 Å². The lowest BCUT2D eigenvalue weighted by molar-refractivity contribution is 0.490. The van der Waals surface area contributed by atoms with Gasteiger partial charge >= 0.3 is 0 Å². The first kappa shape index (κ1) is 27.4. The SMILES string of the molecule is C=C(C)C.C=Cc1ccc([C@@](C)(N)CC(=C)C)cc1N(C)Cc1ccccc1.CC. The number of nitrogens with zero attached hydrogens (tertiary/aromatic N) is 1. The van der Waals surface area contributed by atoms with Gasteiger partial charge in [-0.15, -0.1) is 13.2 Å². The molecule has 30 heavy (non-hydrogen) atoms. The van der Waals surface area contributed by atoms with Gasteiger partial charge in [0.1, 0.15) is 0 Å². The van der Waals surface area contributed by atoms with E-state index in [9.17, 15) is 0 Å². The van der Waals surface area contributed by atoms with Crippen LogP contribution < -0.4 is 10.6 Å². The lowest BCUT2D eigenvalue weighted by Gasteiger charge is -2.29. The lowest BCUT2D eigenvalue weighted by Crippen LogP contribution is -2.33. The molecule has 2 rings (SSSR count). The first-order valence-electron chi connectivity index (χ1n) is 10.6. The molecule has 0 amide bonds. The van der Waals surface area contributed by atoms with Crippen LogP contribution in [0.15, 0.2) is 79.4 Å². The van der Waals surface area contributed by atoms with Gasteiger partial charge in [0.25, 0.3) is 0 Å². The molecule has 0 aliphatic rings. The lowest BCUT2D eigenvalue weighted by atomic mass is 9.86. The second-order valence-electron chi connectivity index (χ2n) is 8.08. The Balaban J connectivity index is 0.00000125. The summed E-state index contributed by atoms with van der Waals surface area (Å²) in [7, 11) is 2.10. The van der Waals surface area contributed by atoms with Crippen LogP contribution in [0.2, 0.25) is 0 Å². The number of allylic oxidation sites excluding steroid dienone is 1. The summed E-state index contributed by atoms with van der Waals surface area (Å²) in [6.07, 6.45) is 2.66. The van der Waals surface area contributed by atoms with Crippen molar-refractivity contribution in [2.24, 2.45) is 5.73 Å². The number of anilines is 1. The molecule has 2 aromatic carbocycles. The predicted molar refractivity (Wildman–Crippen MR) is 138 cm³/mol. The molecule has 1 atom stereocenters. The Hall–Kier alpha value is -2.58. The molecule has 0 aliphatic heterocycles. The molecule has 0 spiro atoms. The summed E-state index contributed by atoms with van der Waals surface area (Å²) < 4.78 is 0.